The molecular weight excluding hydrogens is 454 g/mol. The molecule has 0 aliphatic carbocycles. The number of benzene rings is 2. The minimum Gasteiger partial charge on any atom is -0.339 e. The maximum Gasteiger partial charge on any atom is 0.254 e. The Hall–Kier alpha value is -3.07. The van der Waals surface area contributed by atoms with Crippen molar-refractivity contribution in [3.8, 4) is 11.3 Å². The molecule has 0 bridgehead atoms. The summed E-state index contributed by atoms with van der Waals surface area (Å²) in [6.45, 7) is 0.988. The van der Waals surface area contributed by atoms with E-state index in [0.29, 0.717) is 35.7 Å². The molecule has 5 rings (SSSR count). The fourth-order valence-corrected chi connectivity index (χ4v) is 6.49. The van der Waals surface area contributed by atoms with Gasteiger partial charge in [0.05, 0.1) is 16.8 Å². The van der Waals surface area contributed by atoms with Crippen molar-refractivity contribution in [3.63, 3.8) is 0 Å². The predicted octanol–water partition coefficient (Wildman–Crippen LogP) is 4.55. The van der Waals surface area contributed by atoms with E-state index in [9.17, 15) is 13.2 Å². The molecule has 0 saturated carbocycles. The number of nitrogens with one attached hydrogen (secondary N) is 1. The van der Waals surface area contributed by atoms with Crippen LogP contribution in [-0.2, 0) is 10.0 Å². The number of aromatic nitrogens is 1. The van der Waals surface area contributed by atoms with Gasteiger partial charge in [0.15, 0.2) is 0 Å². The molecule has 2 aromatic heterocycles. The highest BCUT2D eigenvalue weighted by atomic mass is 32.2. The van der Waals surface area contributed by atoms with Crippen molar-refractivity contribution in [2.24, 2.45) is 0 Å². The van der Waals surface area contributed by atoms with E-state index < -0.39 is 10.0 Å². The van der Waals surface area contributed by atoms with Crippen LogP contribution >= 0.6 is 11.3 Å². The summed E-state index contributed by atoms with van der Waals surface area (Å²) in [7, 11) is -3.51. The number of carbonyl (C=O) groups is 1. The lowest BCUT2D eigenvalue weighted by Crippen LogP contribution is -2.46. The summed E-state index contributed by atoms with van der Waals surface area (Å²) in [5.74, 6) is -0.0506. The van der Waals surface area contributed by atoms with E-state index in [1.165, 1.54) is 11.3 Å². The van der Waals surface area contributed by atoms with Crippen LogP contribution in [0.25, 0.3) is 22.2 Å². The van der Waals surface area contributed by atoms with Gasteiger partial charge in [-0.15, -0.1) is 11.3 Å². The Morgan fingerprint density at radius 1 is 0.970 bits per heavy atom. The molecule has 0 spiro atoms. The Balaban J connectivity index is 1.36. The molecule has 1 saturated heterocycles. The van der Waals surface area contributed by atoms with Crippen LogP contribution in [0.3, 0.4) is 0 Å². The van der Waals surface area contributed by atoms with Crippen molar-refractivity contribution in [2.75, 3.05) is 13.1 Å². The van der Waals surface area contributed by atoms with Gasteiger partial charge in [-0.3, -0.25) is 4.79 Å². The summed E-state index contributed by atoms with van der Waals surface area (Å²) < 4.78 is 28.2. The minimum atomic E-state index is -3.51. The van der Waals surface area contributed by atoms with Crippen molar-refractivity contribution in [1.29, 1.82) is 0 Å². The molecule has 3 heterocycles. The summed E-state index contributed by atoms with van der Waals surface area (Å²) in [5, 5.41) is 2.57. The number of likely N-dealkylation sites (tertiary alicyclic amines) is 1. The summed E-state index contributed by atoms with van der Waals surface area (Å²) in [5.41, 5.74) is 3.12. The van der Waals surface area contributed by atoms with Crippen molar-refractivity contribution in [1.82, 2.24) is 14.6 Å². The summed E-state index contributed by atoms with van der Waals surface area (Å²) >= 11 is 1.20. The van der Waals surface area contributed by atoms with Crippen LogP contribution in [0.5, 0.6) is 0 Å². The van der Waals surface area contributed by atoms with Gasteiger partial charge in [0.2, 0.25) is 10.0 Å². The number of piperidine rings is 1. The van der Waals surface area contributed by atoms with Crippen molar-refractivity contribution in [3.05, 3.63) is 83.7 Å². The Bertz CT molecular complexity index is 1380. The lowest BCUT2D eigenvalue weighted by atomic mass is 10.0. The number of carbonyl (C=O) groups excluding carboxylic acids is 1. The number of hydrogen-bond donors (Lipinski definition) is 1. The average Bonchev–Trinajstić information content (AvgIpc) is 3.40. The van der Waals surface area contributed by atoms with Gasteiger partial charge < -0.3 is 4.90 Å². The van der Waals surface area contributed by atoms with Crippen LogP contribution in [0.2, 0.25) is 0 Å². The smallest absolute Gasteiger partial charge is 0.254 e. The van der Waals surface area contributed by atoms with E-state index >= 15 is 0 Å². The predicted molar refractivity (Wildman–Crippen MR) is 131 cm³/mol. The highest BCUT2D eigenvalue weighted by Gasteiger charge is 2.28. The molecule has 8 heteroatoms. The fourth-order valence-electron chi connectivity index (χ4n) is 4.17. The number of fused-ring (bicyclic) bond motifs is 1. The zero-order valence-corrected chi connectivity index (χ0v) is 19.5. The van der Waals surface area contributed by atoms with Crippen LogP contribution in [0.15, 0.2) is 82.4 Å². The summed E-state index contributed by atoms with van der Waals surface area (Å²) in [4.78, 5) is 20.1. The molecule has 4 aromatic rings. The number of para-hydroxylation sites is 1. The molecule has 168 valence electrons. The first-order valence-corrected chi connectivity index (χ1v) is 13.2. The second kappa shape index (κ2) is 9.05. The van der Waals surface area contributed by atoms with Crippen LogP contribution in [-0.4, -0.2) is 43.3 Å². The van der Waals surface area contributed by atoms with Crippen LogP contribution in [0.1, 0.15) is 23.2 Å². The largest absolute Gasteiger partial charge is 0.339 e. The first-order valence-electron chi connectivity index (χ1n) is 10.8. The minimum absolute atomic E-state index is 0.0506. The van der Waals surface area contributed by atoms with Crippen LogP contribution in [0.4, 0.5) is 0 Å². The van der Waals surface area contributed by atoms with Gasteiger partial charge in [-0.2, -0.15) is 0 Å². The van der Waals surface area contributed by atoms with Gasteiger partial charge in [0, 0.05) is 30.1 Å². The number of rotatable bonds is 5. The van der Waals surface area contributed by atoms with E-state index in [1.54, 1.807) is 17.5 Å². The summed E-state index contributed by atoms with van der Waals surface area (Å²) in [6, 6.07) is 22.5. The number of nitrogens with zero attached hydrogens (tertiary/aromatic N) is 2. The third kappa shape index (κ3) is 4.55. The topological polar surface area (TPSA) is 79.4 Å². The molecule has 1 aliphatic rings. The normalized spacial score (nSPS) is 15.1. The molecule has 0 unspecified atom stereocenters. The SMILES string of the molecule is O=C(c1cc(-c2ccccc2)nc2ccccc12)N1CCC(NS(=O)(=O)c2cccs2)CC1. The molecule has 33 heavy (non-hydrogen) atoms. The second-order valence-corrected chi connectivity index (χ2v) is 10.9. The summed E-state index contributed by atoms with van der Waals surface area (Å²) in [6.07, 6.45) is 1.15. The Morgan fingerprint density at radius 3 is 2.42 bits per heavy atom. The van der Waals surface area contributed by atoms with E-state index in [2.05, 4.69) is 4.72 Å². The first-order chi connectivity index (χ1) is 16.0. The van der Waals surface area contributed by atoms with Gasteiger partial charge in [-0.25, -0.2) is 18.1 Å². The lowest BCUT2D eigenvalue weighted by Gasteiger charge is -2.32. The number of amides is 1. The molecule has 0 atom stereocenters. The van der Waals surface area contributed by atoms with Crippen LogP contribution < -0.4 is 4.72 Å². The fraction of sp³-hybridized carbons (Fsp3) is 0.200. The van der Waals surface area contributed by atoms with E-state index in [1.807, 2.05) is 65.6 Å². The molecule has 1 fully saturated rings. The molecule has 1 amide bonds. The van der Waals surface area contributed by atoms with E-state index in [-0.39, 0.29) is 11.9 Å². The maximum atomic E-state index is 13.5. The third-order valence-corrected chi connectivity index (χ3v) is 8.80. The second-order valence-electron chi connectivity index (χ2n) is 8.06. The van der Waals surface area contributed by atoms with E-state index in [0.717, 1.165) is 22.2 Å². The quantitative estimate of drug-likeness (QED) is 0.458. The first kappa shape index (κ1) is 21.8. The Labute approximate surface area is 197 Å². The standard InChI is InChI=1S/C25H23N3O3S2/c29-25(28-14-12-19(13-15-28)27-33(30,31)24-11-6-16-32-24)21-17-23(18-7-2-1-3-8-18)26-22-10-5-4-9-20(21)22/h1-11,16-17,19,27H,12-15H2. The van der Waals surface area contributed by atoms with Gasteiger partial charge in [-0.1, -0.05) is 54.6 Å². The Kier molecular flexibility index (Phi) is 5.97. The van der Waals surface area contributed by atoms with Gasteiger partial charge in [0.25, 0.3) is 5.91 Å². The van der Waals surface area contributed by atoms with Gasteiger partial charge >= 0.3 is 0 Å². The average molecular weight is 478 g/mol. The van der Waals surface area contributed by atoms with Crippen LogP contribution in [0, 0.1) is 0 Å². The van der Waals surface area contributed by atoms with Crippen molar-refractivity contribution >= 4 is 38.2 Å². The number of thiophene rings is 1. The van der Waals surface area contributed by atoms with Gasteiger partial charge in [-0.05, 0) is 36.4 Å². The lowest BCUT2D eigenvalue weighted by molar-refractivity contribution is 0.0713. The molecule has 0 radical (unpaired) electrons. The van der Waals surface area contributed by atoms with Crippen molar-refractivity contribution < 1.29 is 13.2 Å². The zero-order chi connectivity index (χ0) is 22.8. The van der Waals surface area contributed by atoms with E-state index in [4.69, 9.17) is 4.98 Å². The molecule has 2 aromatic carbocycles. The van der Waals surface area contributed by atoms with Gasteiger partial charge in [0.1, 0.15) is 4.21 Å². The number of pyridine rings is 1. The molecule has 1 aliphatic heterocycles. The highest BCUT2D eigenvalue weighted by molar-refractivity contribution is 7.91. The highest BCUT2D eigenvalue weighted by Crippen LogP contribution is 2.27. The van der Waals surface area contributed by atoms with Crippen molar-refractivity contribution in [2.45, 2.75) is 23.1 Å². The maximum absolute atomic E-state index is 13.5. The Morgan fingerprint density at radius 2 is 1.70 bits per heavy atom. The zero-order valence-electron chi connectivity index (χ0n) is 17.8. The molecule has 6 nitrogen and oxygen atoms in total. The third-order valence-electron chi connectivity index (χ3n) is 5.88. The number of sulfonamides is 1. The number of hydrogen-bond acceptors (Lipinski definition) is 5. The molecular formula is C25H23N3O3S2. The monoisotopic (exact) mass is 477 g/mol. The molecule has 1 N–H and O–H groups in total.